The SMILES string of the molecule is O=C(COc1ccc(Cl)cc1)N1CCSC1=S. The maximum absolute atomic E-state index is 11.8. The van der Waals surface area contributed by atoms with Crippen molar-refractivity contribution in [2.75, 3.05) is 18.9 Å². The molecule has 0 spiro atoms. The molecular formula is C11H10ClNO2S2. The van der Waals surface area contributed by atoms with E-state index in [0.29, 0.717) is 21.6 Å². The summed E-state index contributed by atoms with van der Waals surface area (Å²) in [5.74, 6) is 1.39. The second kappa shape index (κ2) is 5.71. The van der Waals surface area contributed by atoms with Crippen LogP contribution < -0.4 is 4.74 Å². The monoisotopic (exact) mass is 287 g/mol. The van der Waals surface area contributed by atoms with Gasteiger partial charge in [-0.2, -0.15) is 0 Å². The largest absolute Gasteiger partial charge is 0.484 e. The van der Waals surface area contributed by atoms with Crippen LogP contribution in [0.2, 0.25) is 5.02 Å². The molecule has 1 aliphatic rings. The lowest BCUT2D eigenvalue weighted by Gasteiger charge is -2.14. The van der Waals surface area contributed by atoms with E-state index in [1.807, 2.05) is 0 Å². The molecule has 1 heterocycles. The molecule has 0 N–H and O–H groups in total. The Kier molecular flexibility index (Phi) is 4.25. The highest BCUT2D eigenvalue weighted by Crippen LogP contribution is 2.19. The molecule has 6 heteroatoms. The summed E-state index contributed by atoms with van der Waals surface area (Å²) in [5.41, 5.74) is 0. The number of hydrogen-bond acceptors (Lipinski definition) is 4. The Morgan fingerprint density at radius 1 is 1.47 bits per heavy atom. The number of halogens is 1. The first-order valence-electron chi connectivity index (χ1n) is 5.02. The molecule has 0 unspecified atom stereocenters. The number of thiocarbonyl (C=S) groups is 1. The van der Waals surface area contributed by atoms with Crippen LogP contribution in [0.5, 0.6) is 5.75 Å². The summed E-state index contributed by atoms with van der Waals surface area (Å²) in [5, 5.41) is 0.640. The molecule has 1 saturated heterocycles. The Labute approximate surface area is 114 Å². The Morgan fingerprint density at radius 2 is 2.18 bits per heavy atom. The molecule has 0 saturated carbocycles. The van der Waals surface area contributed by atoms with Gasteiger partial charge in [-0.05, 0) is 24.3 Å². The van der Waals surface area contributed by atoms with Gasteiger partial charge in [0.05, 0.1) is 0 Å². The van der Waals surface area contributed by atoms with E-state index in [1.165, 1.54) is 11.8 Å². The zero-order valence-corrected chi connectivity index (χ0v) is 11.3. The van der Waals surface area contributed by atoms with E-state index in [4.69, 9.17) is 28.6 Å². The molecule has 17 heavy (non-hydrogen) atoms. The van der Waals surface area contributed by atoms with E-state index < -0.39 is 0 Å². The summed E-state index contributed by atoms with van der Waals surface area (Å²) in [4.78, 5) is 13.3. The molecular weight excluding hydrogens is 278 g/mol. The van der Waals surface area contributed by atoms with Crippen molar-refractivity contribution in [2.24, 2.45) is 0 Å². The van der Waals surface area contributed by atoms with Crippen molar-refractivity contribution in [3.8, 4) is 5.75 Å². The number of thioether (sulfide) groups is 1. The molecule has 0 bridgehead atoms. The zero-order chi connectivity index (χ0) is 12.3. The number of rotatable bonds is 3. The van der Waals surface area contributed by atoms with Gasteiger partial charge in [-0.25, -0.2) is 0 Å². The molecule has 1 amide bonds. The summed E-state index contributed by atoms with van der Waals surface area (Å²) in [6.45, 7) is 0.675. The van der Waals surface area contributed by atoms with Gasteiger partial charge in [0.15, 0.2) is 6.61 Å². The van der Waals surface area contributed by atoms with E-state index >= 15 is 0 Å². The maximum Gasteiger partial charge on any atom is 0.265 e. The lowest BCUT2D eigenvalue weighted by molar-refractivity contribution is -0.128. The molecule has 0 aromatic heterocycles. The first kappa shape index (κ1) is 12.7. The Morgan fingerprint density at radius 3 is 2.76 bits per heavy atom. The highest BCUT2D eigenvalue weighted by atomic mass is 35.5. The van der Waals surface area contributed by atoms with Gasteiger partial charge in [0.1, 0.15) is 10.1 Å². The standard InChI is InChI=1S/C11H10ClNO2S2/c12-8-1-3-9(4-2-8)15-7-10(14)13-5-6-17-11(13)16/h1-4H,5-7H2. The Bertz CT molecular complexity index is 436. The summed E-state index contributed by atoms with van der Waals surface area (Å²) >= 11 is 12.3. The van der Waals surface area contributed by atoms with Crippen molar-refractivity contribution in [1.82, 2.24) is 4.90 Å². The quantitative estimate of drug-likeness (QED) is 0.799. The fraction of sp³-hybridized carbons (Fsp3) is 0.273. The van der Waals surface area contributed by atoms with Crippen molar-refractivity contribution < 1.29 is 9.53 Å². The number of benzene rings is 1. The fourth-order valence-corrected chi connectivity index (χ4v) is 2.74. The van der Waals surface area contributed by atoms with Crippen LogP contribution in [0.1, 0.15) is 0 Å². The van der Waals surface area contributed by atoms with Crippen LogP contribution in [-0.4, -0.2) is 34.0 Å². The number of amides is 1. The predicted molar refractivity (Wildman–Crippen MR) is 73.7 cm³/mol. The van der Waals surface area contributed by atoms with Crippen LogP contribution >= 0.6 is 35.6 Å². The number of carbonyl (C=O) groups is 1. The van der Waals surface area contributed by atoms with E-state index in [1.54, 1.807) is 29.2 Å². The molecule has 1 aromatic carbocycles. The van der Waals surface area contributed by atoms with Gasteiger partial charge < -0.3 is 4.74 Å². The molecule has 0 aliphatic carbocycles. The molecule has 1 aromatic rings. The first-order chi connectivity index (χ1) is 8.16. The van der Waals surface area contributed by atoms with Crippen LogP contribution in [0.4, 0.5) is 0 Å². The first-order valence-corrected chi connectivity index (χ1v) is 6.79. The number of carbonyl (C=O) groups excluding carboxylic acids is 1. The minimum Gasteiger partial charge on any atom is -0.484 e. The van der Waals surface area contributed by atoms with Crippen LogP contribution in [0.15, 0.2) is 24.3 Å². The number of ether oxygens (including phenoxy) is 1. The third-order valence-corrected chi connectivity index (χ3v) is 3.92. The minimum absolute atomic E-state index is 0.00231. The Hall–Kier alpha value is -0.780. The molecule has 3 nitrogen and oxygen atoms in total. The normalized spacial score (nSPS) is 15.1. The topological polar surface area (TPSA) is 29.5 Å². The average molecular weight is 288 g/mol. The lowest BCUT2D eigenvalue weighted by atomic mass is 10.3. The average Bonchev–Trinajstić information content (AvgIpc) is 2.74. The van der Waals surface area contributed by atoms with E-state index in [0.717, 1.165) is 5.75 Å². The van der Waals surface area contributed by atoms with Gasteiger partial charge in [-0.3, -0.25) is 9.69 Å². The summed E-state index contributed by atoms with van der Waals surface area (Å²) in [6, 6.07) is 6.90. The maximum atomic E-state index is 11.8. The molecule has 2 rings (SSSR count). The molecule has 1 aliphatic heterocycles. The van der Waals surface area contributed by atoms with Crippen molar-refractivity contribution in [3.05, 3.63) is 29.3 Å². The van der Waals surface area contributed by atoms with Crippen LogP contribution in [0.3, 0.4) is 0 Å². The van der Waals surface area contributed by atoms with Gasteiger partial charge in [0.2, 0.25) is 0 Å². The van der Waals surface area contributed by atoms with Gasteiger partial charge in [-0.15, -0.1) is 0 Å². The van der Waals surface area contributed by atoms with Crippen LogP contribution in [-0.2, 0) is 4.79 Å². The van der Waals surface area contributed by atoms with Crippen molar-refractivity contribution in [2.45, 2.75) is 0 Å². The van der Waals surface area contributed by atoms with Crippen molar-refractivity contribution >= 4 is 45.8 Å². The summed E-state index contributed by atoms with van der Waals surface area (Å²) in [6.07, 6.45) is 0. The highest BCUT2D eigenvalue weighted by molar-refractivity contribution is 8.23. The lowest BCUT2D eigenvalue weighted by Crippen LogP contribution is -2.34. The van der Waals surface area contributed by atoms with Gasteiger partial charge in [0, 0.05) is 17.3 Å². The van der Waals surface area contributed by atoms with Gasteiger partial charge >= 0.3 is 0 Å². The van der Waals surface area contributed by atoms with Crippen LogP contribution in [0, 0.1) is 0 Å². The molecule has 0 radical (unpaired) electrons. The summed E-state index contributed by atoms with van der Waals surface area (Å²) < 4.78 is 6.00. The van der Waals surface area contributed by atoms with E-state index in [9.17, 15) is 4.79 Å². The predicted octanol–water partition coefficient (Wildman–Crippen LogP) is 2.58. The minimum atomic E-state index is -0.102. The van der Waals surface area contributed by atoms with E-state index in [-0.39, 0.29) is 12.5 Å². The van der Waals surface area contributed by atoms with Gasteiger partial charge in [0.25, 0.3) is 5.91 Å². The zero-order valence-electron chi connectivity index (χ0n) is 8.89. The number of hydrogen-bond donors (Lipinski definition) is 0. The second-order valence-corrected chi connectivity index (χ2v) is 5.57. The molecule has 0 atom stereocenters. The second-order valence-electron chi connectivity index (χ2n) is 3.40. The third kappa shape index (κ3) is 3.34. The smallest absolute Gasteiger partial charge is 0.265 e. The Balaban J connectivity index is 1.87. The molecule has 1 fully saturated rings. The van der Waals surface area contributed by atoms with Crippen molar-refractivity contribution in [1.29, 1.82) is 0 Å². The van der Waals surface area contributed by atoms with Crippen molar-refractivity contribution in [3.63, 3.8) is 0 Å². The highest BCUT2D eigenvalue weighted by Gasteiger charge is 2.24. The fourth-order valence-electron chi connectivity index (χ4n) is 1.37. The summed E-state index contributed by atoms with van der Waals surface area (Å²) in [7, 11) is 0. The van der Waals surface area contributed by atoms with E-state index in [2.05, 4.69) is 0 Å². The van der Waals surface area contributed by atoms with Crippen LogP contribution in [0.25, 0.3) is 0 Å². The number of nitrogens with zero attached hydrogens (tertiary/aromatic N) is 1. The third-order valence-electron chi connectivity index (χ3n) is 2.24. The molecule has 90 valence electrons. The van der Waals surface area contributed by atoms with Gasteiger partial charge in [-0.1, -0.05) is 35.6 Å².